The third kappa shape index (κ3) is 2.66. The van der Waals surface area contributed by atoms with Crippen LogP contribution in [0.1, 0.15) is 45.1 Å². The Morgan fingerprint density at radius 1 is 1.32 bits per heavy atom. The highest BCUT2D eigenvalue weighted by Gasteiger charge is 2.20. The van der Waals surface area contributed by atoms with E-state index in [-0.39, 0.29) is 23.2 Å². The maximum Gasteiger partial charge on any atom is 0.330 e. The Morgan fingerprint density at radius 3 is 2.73 bits per heavy atom. The molecule has 0 unspecified atom stereocenters. The predicted octanol–water partition coefficient (Wildman–Crippen LogP) is 1.55. The zero-order valence-electron chi connectivity index (χ0n) is 12.4. The van der Waals surface area contributed by atoms with Gasteiger partial charge in [-0.2, -0.15) is 0 Å². The van der Waals surface area contributed by atoms with Crippen LogP contribution in [0.25, 0.3) is 11.0 Å². The molecule has 2 heterocycles. The number of carbonyl (C=O) groups excluding carboxylic acids is 1. The number of aromatic nitrogens is 3. The first-order chi connectivity index (χ1) is 10.6. The Labute approximate surface area is 126 Å². The predicted molar refractivity (Wildman–Crippen MR) is 83.0 cm³/mol. The van der Waals surface area contributed by atoms with Crippen LogP contribution in [0.4, 0.5) is 5.69 Å². The number of amides is 1. The summed E-state index contributed by atoms with van der Waals surface area (Å²) in [5.41, 5.74) is -0.0648. The summed E-state index contributed by atoms with van der Waals surface area (Å²) in [5, 5.41) is 2.91. The van der Waals surface area contributed by atoms with Crippen molar-refractivity contribution in [1.82, 2.24) is 14.5 Å². The molecule has 7 heteroatoms. The number of nitrogens with one attached hydrogen (secondary N) is 2. The molecule has 116 valence electrons. The second-order valence-electron chi connectivity index (χ2n) is 5.70. The van der Waals surface area contributed by atoms with Crippen LogP contribution >= 0.6 is 0 Å². The average molecular weight is 302 g/mol. The Kier molecular flexibility index (Phi) is 3.79. The summed E-state index contributed by atoms with van der Waals surface area (Å²) < 4.78 is 1.31. The highest BCUT2D eigenvalue weighted by molar-refractivity contribution is 5.90. The third-order valence-electron chi connectivity index (χ3n) is 4.04. The largest absolute Gasteiger partial charge is 0.330 e. The molecule has 0 spiro atoms. The fraction of sp³-hybridized carbons (Fsp3) is 0.467. The number of carbonyl (C=O) groups is 1. The van der Waals surface area contributed by atoms with Crippen molar-refractivity contribution in [3.63, 3.8) is 0 Å². The molecule has 1 aliphatic carbocycles. The summed E-state index contributed by atoms with van der Waals surface area (Å²) in [5.74, 6) is -0.238. The molecule has 2 aromatic heterocycles. The van der Waals surface area contributed by atoms with Crippen LogP contribution in [0, 0.1) is 0 Å². The number of pyridine rings is 1. The molecule has 1 amide bonds. The SMILES string of the molecule is CC(=O)Nc1cnc2[nH]c(=O)n(C3CCCCC3)c(=O)c2c1. The molecule has 0 bridgehead atoms. The van der Waals surface area contributed by atoms with Gasteiger partial charge in [0.2, 0.25) is 5.91 Å². The van der Waals surface area contributed by atoms with Crippen LogP contribution < -0.4 is 16.6 Å². The fourth-order valence-electron chi connectivity index (χ4n) is 3.05. The highest BCUT2D eigenvalue weighted by atomic mass is 16.2. The van der Waals surface area contributed by atoms with Gasteiger partial charge in [0.1, 0.15) is 5.65 Å². The van der Waals surface area contributed by atoms with Crippen LogP contribution in [-0.2, 0) is 4.79 Å². The molecule has 2 N–H and O–H groups in total. The van der Waals surface area contributed by atoms with Crippen molar-refractivity contribution in [2.75, 3.05) is 5.32 Å². The fourth-order valence-corrected chi connectivity index (χ4v) is 3.05. The van der Waals surface area contributed by atoms with E-state index in [2.05, 4.69) is 15.3 Å². The van der Waals surface area contributed by atoms with Crippen molar-refractivity contribution in [3.8, 4) is 0 Å². The summed E-state index contributed by atoms with van der Waals surface area (Å²) in [7, 11) is 0. The molecule has 0 aliphatic heterocycles. The van der Waals surface area contributed by atoms with Gasteiger partial charge in [-0.3, -0.25) is 19.1 Å². The van der Waals surface area contributed by atoms with E-state index in [4.69, 9.17) is 0 Å². The van der Waals surface area contributed by atoms with Crippen LogP contribution in [0.3, 0.4) is 0 Å². The first-order valence-electron chi connectivity index (χ1n) is 7.48. The second kappa shape index (κ2) is 5.75. The van der Waals surface area contributed by atoms with Crippen LogP contribution in [0.5, 0.6) is 0 Å². The Balaban J connectivity index is 2.14. The van der Waals surface area contributed by atoms with Crippen LogP contribution in [0.15, 0.2) is 21.9 Å². The monoisotopic (exact) mass is 302 g/mol. The normalized spacial score (nSPS) is 15.9. The number of hydrogen-bond acceptors (Lipinski definition) is 4. The van der Waals surface area contributed by atoms with E-state index in [1.54, 1.807) is 6.07 Å². The van der Waals surface area contributed by atoms with Crippen molar-refractivity contribution in [2.24, 2.45) is 0 Å². The zero-order chi connectivity index (χ0) is 15.7. The molecule has 22 heavy (non-hydrogen) atoms. The molecule has 2 aromatic rings. The van der Waals surface area contributed by atoms with Crippen molar-refractivity contribution in [3.05, 3.63) is 33.1 Å². The van der Waals surface area contributed by atoms with Gasteiger partial charge >= 0.3 is 5.69 Å². The molecule has 1 fully saturated rings. The maximum absolute atomic E-state index is 12.7. The van der Waals surface area contributed by atoms with Crippen LogP contribution in [0.2, 0.25) is 0 Å². The van der Waals surface area contributed by atoms with E-state index in [1.165, 1.54) is 17.7 Å². The van der Waals surface area contributed by atoms with Gasteiger partial charge in [0.25, 0.3) is 5.56 Å². The third-order valence-corrected chi connectivity index (χ3v) is 4.04. The Hall–Kier alpha value is -2.44. The van der Waals surface area contributed by atoms with Gasteiger partial charge in [-0.15, -0.1) is 0 Å². The van der Waals surface area contributed by atoms with Gasteiger partial charge in [-0.25, -0.2) is 9.78 Å². The van der Waals surface area contributed by atoms with Crippen molar-refractivity contribution < 1.29 is 4.79 Å². The minimum atomic E-state index is -0.413. The minimum Gasteiger partial charge on any atom is -0.325 e. The minimum absolute atomic E-state index is 0.0566. The number of aromatic amines is 1. The lowest BCUT2D eigenvalue weighted by Crippen LogP contribution is -2.39. The summed E-state index contributed by atoms with van der Waals surface area (Å²) in [6.45, 7) is 1.39. The molecule has 3 rings (SSSR count). The van der Waals surface area contributed by atoms with Gasteiger partial charge in [0.05, 0.1) is 17.3 Å². The van der Waals surface area contributed by atoms with E-state index in [9.17, 15) is 14.4 Å². The molecule has 0 radical (unpaired) electrons. The van der Waals surface area contributed by atoms with Gasteiger partial charge in [0, 0.05) is 13.0 Å². The van der Waals surface area contributed by atoms with Gasteiger partial charge < -0.3 is 5.32 Å². The number of fused-ring (bicyclic) bond motifs is 1. The molecule has 0 saturated heterocycles. The van der Waals surface area contributed by atoms with Crippen molar-refractivity contribution in [2.45, 2.75) is 45.1 Å². The summed E-state index contributed by atoms with van der Waals surface area (Å²) >= 11 is 0. The smallest absolute Gasteiger partial charge is 0.325 e. The van der Waals surface area contributed by atoms with Crippen molar-refractivity contribution in [1.29, 1.82) is 0 Å². The number of H-pyrrole nitrogens is 1. The van der Waals surface area contributed by atoms with E-state index in [1.807, 2.05) is 0 Å². The molecular weight excluding hydrogens is 284 g/mol. The number of anilines is 1. The Bertz CT molecular complexity index is 831. The van der Waals surface area contributed by atoms with E-state index in [0.717, 1.165) is 32.1 Å². The van der Waals surface area contributed by atoms with Crippen molar-refractivity contribution >= 4 is 22.6 Å². The first-order valence-corrected chi connectivity index (χ1v) is 7.48. The lowest BCUT2D eigenvalue weighted by Gasteiger charge is -2.23. The molecular formula is C15H18N4O3. The summed E-state index contributed by atoms with van der Waals surface area (Å²) in [6.07, 6.45) is 6.30. The highest BCUT2D eigenvalue weighted by Crippen LogP contribution is 2.26. The zero-order valence-corrected chi connectivity index (χ0v) is 12.4. The quantitative estimate of drug-likeness (QED) is 0.879. The topological polar surface area (TPSA) is 96.8 Å². The number of nitrogens with zero attached hydrogens (tertiary/aromatic N) is 2. The standard InChI is InChI=1S/C15H18N4O3/c1-9(20)17-10-7-12-13(16-8-10)18-15(22)19(14(12)21)11-5-3-2-4-6-11/h7-8,11H,2-6H2,1H3,(H,17,20)(H,16,18,22). The Morgan fingerprint density at radius 2 is 2.05 bits per heavy atom. The summed E-state index contributed by atoms with van der Waals surface area (Å²) in [6, 6.07) is 1.50. The number of rotatable bonds is 2. The second-order valence-corrected chi connectivity index (χ2v) is 5.70. The maximum atomic E-state index is 12.7. The van der Waals surface area contributed by atoms with E-state index < -0.39 is 5.69 Å². The molecule has 0 aromatic carbocycles. The molecule has 1 aliphatic rings. The molecule has 7 nitrogen and oxygen atoms in total. The summed E-state index contributed by atoms with van der Waals surface area (Å²) in [4.78, 5) is 42.7. The lowest BCUT2D eigenvalue weighted by atomic mass is 9.95. The van der Waals surface area contributed by atoms with Gasteiger partial charge in [0.15, 0.2) is 0 Å². The van der Waals surface area contributed by atoms with Gasteiger partial charge in [-0.1, -0.05) is 19.3 Å². The van der Waals surface area contributed by atoms with E-state index >= 15 is 0 Å². The average Bonchev–Trinajstić information content (AvgIpc) is 2.48. The molecule has 0 atom stereocenters. The van der Waals surface area contributed by atoms with Gasteiger partial charge in [-0.05, 0) is 18.9 Å². The number of hydrogen-bond donors (Lipinski definition) is 2. The van der Waals surface area contributed by atoms with Crippen LogP contribution in [-0.4, -0.2) is 20.4 Å². The molecule has 1 saturated carbocycles. The first kappa shape index (κ1) is 14.5. The lowest BCUT2D eigenvalue weighted by molar-refractivity contribution is -0.114. The van der Waals surface area contributed by atoms with E-state index in [0.29, 0.717) is 11.1 Å².